The van der Waals surface area contributed by atoms with Crippen molar-refractivity contribution >= 4 is 34.5 Å². The molecular weight excluding hydrogens is 578 g/mol. The summed E-state index contributed by atoms with van der Waals surface area (Å²) in [7, 11) is 0. The maximum atomic E-state index is 14.5. The predicted octanol–water partition coefficient (Wildman–Crippen LogP) is 4.22. The van der Waals surface area contributed by atoms with Crippen LogP contribution in [-0.2, 0) is 20.9 Å². The molecule has 1 atom stereocenters. The number of aromatic nitrogens is 1. The smallest absolute Gasteiger partial charge is 0.338 e. The Bertz CT molecular complexity index is 2030. The zero-order chi connectivity index (χ0) is 30.4. The Morgan fingerprint density at radius 3 is 2.57 bits per heavy atom. The second kappa shape index (κ2) is 11.3. The Morgan fingerprint density at radius 2 is 1.77 bits per heavy atom. The number of carbonyl (C=O) groups excluding carboxylic acids is 2. The van der Waals surface area contributed by atoms with Gasteiger partial charge in [-0.15, -0.1) is 0 Å². The molecule has 7 rings (SSSR count). The summed E-state index contributed by atoms with van der Waals surface area (Å²) in [6.45, 7) is 4.38. The molecule has 1 amide bonds. The van der Waals surface area contributed by atoms with E-state index in [2.05, 4.69) is 0 Å². The van der Waals surface area contributed by atoms with Crippen molar-refractivity contribution in [3.8, 4) is 11.5 Å². The average molecular weight is 608 g/mol. The third-order valence-corrected chi connectivity index (χ3v) is 8.97. The van der Waals surface area contributed by atoms with Gasteiger partial charge in [0.15, 0.2) is 16.3 Å². The highest BCUT2D eigenvalue weighted by Gasteiger charge is 2.38. The quantitative estimate of drug-likeness (QED) is 0.292. The third-order valence-electron chi connectivity index (χ3n) is 7.91. The van der Waals surface area contributed by atoms with Gasteiger partial charge in [0.1, 0.15) is 4.53 Å². The molecule has 0 bridgehead atoms. The van der Waals surface area contributed by atoms with E-state index in [4.69, 9.17) is 19.2 Å². The molecular formula is C34H29N3O6S. The Hall–Kier alpha value is -4.96. The van der Waals surface area contributed by atoms with Crippen LogP contribution in [0, 0.1) is 0 Å². The van der Waals surface area contributed by atoms with Crippen LogP contribution in [0.1, 0.15) is 49.4 Å². The fraction of sp³-hybridized carbons (Fsp3) is 0.235. The van der Waals surface area contributed by atoms with Gasteiger partial charge in [-0.05, 0) is 42.7 Å². The van der Waals surface area contributed by atoms with E-state index in [1.807, 2.05) is 67.6 Å². The molecule has 0 unspecified atom stereocenters. The topological polar surface area (TPSA) is 99.4 Å². The molecule has 1 aromatic heterocycles. The highest BCUT2D eigenvalue weighted by Crippen LogP contribution is 2.40. The van der Waals surface area contributed by atoms with Crippen molar-refractivity contribution in [2.75, 3.05) is 18.3 Å². The Morgan fingerprint density at radius 1 is 1.00 bits per heavy atom. The van der Waals surface area contributed by atoms with Gasteiger partial charge in [-0.3, -0.25) is 14.2 Å². The number of para-hydroxylation sites is 1. The van der Waals surface area contributed by atoms with E-state index in [1.165, 1.54) is 15.9 Å². The Kier molecular flexibility index (Phi) is 7.14. The summed E-state index contributed by atoms with van der Waals surface area (Å²) in [6.07, 6.45) is 1.25. The number of esters is 1. The number of nitrogens with zero attached hydrogens (tertiary/aromatic N) is 3. The molecule has 222 valence electrons. The van der Waals surface area contributed by atoms with Crippen LogP contribution in [0.5, 0.6) is 11.5 Å². The van der Waals surface area contributed by atoms with Gasteiger partial charge in [0.25, 0.3) is 11.5 Å². The Labute approximate surface area is 257 Å². The molecule has 0 spiro atoms. The summed E-state index contributed by atoms with van der Waals surface area (Å²) in [5, 5.41) is 0. The first-order valence-corrected chi connectivity index (χ1v) is 15.4. The van der Waals surface area contributed by atoms with E-state index in [9.17, 15) is 14.4 Å². The number of allylic oxidation sites excluding steroid dienone is 1. The van der Waals surface area contributed by atoms with Gasteiger partial charge in [-0.2, -0.15) is 0 Å². The number of ether oxygens (including phenoxy) is 3. The molecule has 3 aromatic carbocycles. The Balaban J connectivity index is 1.46. The second-order valence-corrected chi connectivity index (χ2v) is 11.6. The molecule has 3 aliphatic heterocycles. The molecule has 0 aliphatic carbocycles. The number of benzene rings is 3. The van der Waals surface area contributed by atoms with Gasteiger partial charge < -0.3 is 19.1 Å². The average Bonchev–Trinajstić information content (AvgIpc) is 3.71. The summed E-state index contributed by atoms with van der Waals surface area (Å²) >= 11 is 1.17. The highest BCUT2D eigenvalue weighted by atomic mass is 32.1. The molecule has 9 nitrogen and oxygen atoms in total. The van der Waals surface area contributed by atoms with Gasteiger partial charge in [0, 0.05) is 5.56 Å². The largest absolute Gasteiger partial charge is 0.463 e. The number of carbonyl (C=O) groups is 2. The lowest BCUT2D eigenvalue weighted by Crippen LogP contribution is -2.41. The SMILES string of the molecule is CCCC1=C(C(=O)OCC)[C@@H](c2ccc3c(c2)OCO3)n2c(s/c(=C3\C(=O)N(Cc4ccccc4)c4ccccc43)c2=O)=N1. The first-order chi connectivity index (χ1) is 21.5. The number of rotatable bonds is 7. The number of hydrogen-bond acceptors (Lipinski definition) is 8. The first kappa shape index (κ1) is 27.8. The van der Waals surface area contributed by atoms with Crippen molar-refractivity contribution in [2.24, 2.45) is 4.99 Å². The molecule has 4 aromatic rings. The predicted molar refractivity (Wildman–Crippen MR) is 165 cm³/mol. The minimum Gasteiger partial charge on any atom is -0.463 e. The molecule has 4 heterocycles. The lowest BCUT2D eigenvalue weighted by atomic mass is 9.94. The first-order valence-electron chi connectivity index (χ1n) is 14.6. The van der Waals surface area contributed by atoms with Crippen LogP contribution in [0.2, 0.25) is 0 Å². The van der Waals surface area contributed by atoms with Gasteiger partial charge in [0.2, 0.25) is 6.79 Å². The lowest BCUT2D eigenvalue weighted by Gasteiger charge is -2.25. The molecule has 3 aliphatic rings. The number of fused-ring (bicyclic) bond motifs is 3. The summed E-state index contributed by atoms with van der Waals surface area (Å²) in [4.78, 5) is 49.2. The van der Waals surface area contributed by atoms with Crippen molar-refractivity contribution in [3.63, 3.8) is 0 Å². The standard InChI is InChI=1S/C34H29N3O6S/c1-3-10-23-28(33(40)41-4-2)29(21-15-16-25-26(17-21)43-19-42-25)37-32(39)30(44-34(37)35-23)27-22-13-8-9-14-24(22)36(31(27)38)18-20-11-6-5-7-12-20/h5-9,11-17,29H,3-4,10,18-19H2,1-2H3/b30-27-/t29-/m1/s1. The zero-order valence-corrected chi connectivity index (χ0v) is 25.1. The van der Waals surface area contributed by atoms with Crippen molar-refractivity contribution < 1.29 is 23.8 Å². The van der Waals surface area contributed by atoms with E-state index in [0.29, 0.717) is 57.2 Å². The normalized spacial score (nSPS) is 17.8. The van der Waals surface area contributed by atoms with Crippen molar-refractivity contribution in [2.45, 2.75) is 39.3 Å². The van der Waals surface area contributed by atoms with Crippen LogP contribution in [0.15, 0.2) is 93.9 Å². The van der Waals surface area contributed by atoms with E-state index >= 15 is 0 Å². The molecule has 0 fully saturated rings. The van der Waals surface area contributed by atoms with E-state index in [-0.39, 0.29) is 23.8 Å². The van der Waals surface area contributed by atoms with Gasteiger partial charge >= 0.3 is 5.97 Å². The number of amides is 1. The van der Waals surface area contributed by atoms with Crippen LogP contribution in [-0.4, -0.2) is 29.8 Å². The van der Waals surface area contributed by atoms with Crippen molar-refractivity contribution in [3.05, 3.63) is 120 Å². The minimum atomic E-state index is -0.831. The molecule has 44 heavy (non-hydrogen) atoms. The minimum absolute atomic E-state index is 0.0908. The van der Waals surface area contributed by atoms with Crippen molar-refractivity contribution in [1.29, 1.82) is 0 Å². The summed E-state index contributed by atoms with van der Waals surface area (Å²) in [5.74, 6) is 0.335. The molecule has 0 radical (unpaired) electrons. The lowest BCUT2D eigenvalue weighted by molar-refractivity contribution is -0.139. The summed E-state index contributed by atoms with van der Waals surface area (Å²) < 4.78 is 18.5. The van der Waals surface area contributed by atoms with Crippen LogP contribution in [0.3, 0.4) is 0 Å². The molecule has 0 saturated carbocycles. The van der Waals surface area contributed by atoms with E-state index < -0.39 is 17.6 Å². The van der Waals surface area contributed by atoms with Gasteiger partial charge in [-0.1, -0.05) is 79.3 Å². The fourth-order valence-electron chi connectivity index (χ4n) is 5.99. The second-order valence-electron chi connectivity index (χ2n) is 10.6. The van der Waals surface area contributed by atoms with Crippen LogP contribution in [0.25, 0.3) is 5.57 Å². The van der Waals surface area contributed by atoms with Crippen LogP contribution in [0.4, 0.5) is 5.69 Å². The molecule has 10 heteroatoms. The maximum Gasteiger partial charge on any atom is 0.338 e. The highest BCUT2D eigenvalue weighted by molar-refractivity contribution is 7.07. The van der Waals surface area contributed by atoms with Crippen LogP contribution >= 0.6 is 11.3 Å². The van der Waals surface area contributed by atoms with Gasteiger partial charge in [-0.25, -0.2) is 9.79 Å². The number of hydrogen-bond donors (Lipinski definition) is 0. The monoisotopic (exact) mass is 607 g/mol. The van der Waals surface area contributed by atoms with Crippen molar-refractivity contribution in [1.82, 2.24) is 4.57 Å². The summed E-state index contributed by atoms with van der Waals surface area (Å²) in [5.41, 5.74) is 3.88. The number of anilines is 1. The van der Waals surface area contributed by atoms with E-state index in [1.54, 1.807) is 24.0 Å². The molecule has 0 saturated heterocycles. The van der Waals surface area contributed by atoms with Gasteiger partial charge in [0.05, 0.1) is 41.7 Å². The zero-order valence-electron chi connectivity index (χ0n) is 24.2. The summed E-state index contributed by atoms with van der Waals surface area (Å²) in [6, 6.07) is 21.8. The van der Waals surface area contributed by atoms with E-state index in [0.717, 1.165) is 17.7 Å². The third kappa shape index (κ3) is 4.53. The fourth-order valence-corrected chi connectivity index (χ4v) is 7.10. The number of thiazole rings is 1. The van der Waals surface area contributed by atoms with Crippen LogP contribution < -0.4 is 29.3 Å². The molecule has 0 N–H and O–H groups in total. The maximum absolute atomic E-state index is 14.5.